The maximum absolute atomic E-state index is 9.99. The van der Waals surface area contributed by atoms with Crippen LogP contribution in [0, 0.1) is 0 Å². The van der Waals surface area contributed by atoms with Gasteiger partial charge in [-0.1, -0.05) is 0 Å². The van der Waals surface area contributed by atoms with Crippen molar-refractivity contribution in [3.63, 3.8) is 0 Å². The first-order valence-corrected chi connectivity index (χ1v) is 6.95. The van der Waals surface area contributed by atoms with Crippen LogP contribution >= 0.6 is 0 Å². The first-order valence-electron chi connectivity index (χ1n) is 6.95. The normalized spacial score (nSPS) is 50.0. The van der Waals surface area contributed by atoms with Gasteiger partial charge >= 0.3 is 0 Å². The lowest BCUT2D eigenvalue weighted by molar-refractivity contribution is -0.335. The Bertz CT molecular complexity index is 353. The third kappa shape index (κ3) is 3.41. The van der Waals surface area contributed by atoms with Crippen molar-refractivity contribution in [2.45, 2.75) is 55.1 Å². The van der Waals surface area contributed by atoms with Gasteiger partial charge < -0.3 is 50.0 Å². The predicted octanol–water partition coefficient (Wildman–Crippen LogP) is -4.72. The summed E-state index contributed by atoms with van der Waals surface area (Å²) >= 11 is 0. The van der Waals surface area contributed by atoms with Crippen molar-refractivity contribution in [1.82, 2.24) is 0 Å². The minimum Gasteiger partial charge on any atom is -0.394 e. The molecule has 2 saturated heterocycles. The third-order valence-corrected chi connectivity index (χ3v) is 3.90. The van der Waals surface area contributed by atoms with Gasteiger partial charge in [-0.05, 0) is 0 Å². The van der Waals surface area contributed by atoms with Crippen LogP contribution in [0.5, 0.6) is 0 Å². The van der Waals surface area contributed by atoms with Crippen LogP contribution in [0.1, 0.15) is 0 Å². The Balaban J connectivity index is 2.07. The van der Waals surface area contributed by atoms with Gasteiger partial charge in [0.2, 0.25) is 0 Å². The summed E-state index contributed by atoms with van der Waals surface area (Å²) in [6.07, 6.45) is -12.3. The second kappa shape index (κ2) is 7.45. The molecule has 10 nitrogen and oxygen atoms in total. The largest absolute Gasteiger partial charge is 0.394 e. The molecule has 0 spiro atoms. The van der Waals surface area contributed by atoms with E-state index in [1.807, 2.05) is 0 Å². The fourth-order valence-electron chi connectivity index (χ4n) is 2.52. The average molecular weight is 326 g/mol. The van der Waals surface area contributed by atoms with Gasteiger partial charge in [0.1, 0.15) is 48.8 Å². The SMILES string of the molecule is OCC1O[C@H](OC2C(O)COC(CO)[C@H]2O)C(O)C(O)[C@@H]1O. The first-order chi connectivity index (χ1) is 10.4. The second-order valence-electron chi connectivity index (χ2n) is 5.41. The molecule has 7 N–H and O–H groups in total. The molecule has 0 aromatic rings. The fraction of sp³-hybridized carbons (Fsp3) is 1.00. The van der Waals surface area contributed by atoms with Gasteiger partial charge in [-0.2, -0.15) is 0 Å². The highest BCUT2D eigenvalue weighted by molar-refractivity contribution is 4.92. The zero-order chi connectivity index (χ0) is 16.4. The summed E-state index contributed by atoms with van der Waals surface area (Å²) < 4.78 is 15.5. The van der Waals surface area contributed by atoms with Gasteiger partial charge in [-0.15, -0.1) is 0 Å². The van der Waals surface area contributed by atoms with Crippen molar-refractivity contribution in [1.29, 1.82) is 0 Å². The predicted molar refractivity (Wildman–Crippen MR) is 67.5 cm³/mol. The van der Waals surface area contributed by atoms with Crippen molar-refractivity contribution in [3.05, 3.63) is 0 Å². The van der Waals surface area contributed by atoms with Crippen LogP contribution in [0.25, 0.3) is 0 Å². The molecule has 2 rings (SSSR count). The Morgan fingerprint density at radius 2 is 1.45 bits per heavy atom. The molecule has 2 aliphatic heterocycles. The maximum atomic E-state index is 9.99. The Morgan fingerprint density at radius 3 is 2.05 bits per heavy atom. The van der Waals surface area contributed by atoms with Crippen molar-refractivity contribution in [2.75, 3.05) is 19.8 Å². The van der Waals surface area contributed by atoms with E-state index in [-0.39, 0.29) is 6.61 Å². The summed E-state index contributed by atoms with van der Waals surface area (Å²) in [6.45, 7) is -1.32. The molecule has 2 heterocycles. The van der Waals surface area contributed by atoms with Gasteiger partial charge in [0, 0.05) is 0 Å². The number of hydrogen-bond donors (Lipinski definition) is 7. The number of aliphatic hydroxyl groups excluding tert-OH is 7. The van der Waals surface area contributed by atoms with Gasteiger partial charge in [0.05, 0.1) is 19.8 Å². The van der Waals surface area contributed by atoms with E-state index in [1.165, 1.54) is 0 Å². The van der Waals surface area contributed by atoms with Crippen LogP contribution in [0.3, 0.4) is 0 Å². The Labute approximate surface area is 126 Å². The maximum Gasteiger partial charge on any atom is 0.187 e. The Hall–Kier alpha value is -0.400. The quantitative estimate of drug-likeness (QED) is 0.266. The lowest BCUT2D eigenvalue weighted by Crippen LogP contribution is -2.63. The van der Waals surface area contributed by atoms with Gasteiger partial charge in [0.15, 0.2) is 6.29 Å². The smallest absolute Gasteiger partial charge is 0.187 e. The summed E-state index contributed by atoms with van der Waals surface area (Å²) in [6, 6.07) is 0. The molecule has 0 radical (unpaired) electrons. The first kappa shape index (κ1) is 17.9. The van der Waals surface area contributed by atoms with E-state index in [2.05, 4.69) is 0 Å². The van der Waals surface area contributed by atoms with Crippen LogP contribution in [-0.4, -0.2) is 111 Å². The van der Waals surface area contributed by atoms with Gasteiger partial charge in [0.25, 0.3) is 0 Å². The van der Waals surface area contributed by atoms with Crippen LogP contribution in [0.2, 0.25) is 0 Å². The molecule has 2 fully saturated rings. The fourth-order valence-corrected chi connectivity index (χ4v) is 2.52. The van der Waals surface area contributed by atoms with E-state index in [4.69, 9.17) is 24.4 Å². The summed E-state index contributed by atoms with van der Waals surface area (Å²) in [5.74, 6) is 0. The van der Waals surface area contributed by atoms with Crippen molar-refractivity contribution in [2.24, 2.45) is 0 Å². The number of aliphatic hydroxyl groups is 7. The van der Waals surface area contributed by atoms with E-state index in [0.29, 0.717) is 0 Å². The summed E-state index contributed by atoms with van der Waals surface area (Å²) in [5.41, 5.74) is 0. The minimum absolute atomic E-state index is 0.204. The zero-order valence-electron chi connectivity index (χ0n) is 11.7. The summed E-state index contributed by atoms with van der Waals surface area (Å²) in [5, 5.41) is 67.2. The standard InChI is InChI=1S/C12H22O10/c13-1-5-8(17)11(4(15)3-20-5)22-12-10(19)9(18)7(16)6(2-14)21-12/h4-19H,1-3H2/t4?,5?,6?,7-,8-,9?,10?,11?,12-/m1/s1. The van der Waals surface area contributed by atoms with E-state index < -0.39 is 68.3 Å². The number of rotatable bonds is 4. The topological polar surface area (TPSA) is 169 Å². The van der Waals surface area contributed by atoms with Crippen LogP contribution in [-0.2, 0) is 14.2 Å². The summed E-state index contributed by atoms with van der Waals surface area (Å²) in [4.78, 5) is 0. The molecule has 22 heavy (non-hydrogen) atoms. The van der Waals surface area contributed by atoms with Crippen LogP contribution < -0.4 is 0 Å². The van der Waals surface area contributed by atoms with Crippen LogP contribution in [0.15, 0.2) is 0 Å². The number of hydrogen-bond acceptors (Lipinski definition) is 10. The molecule has 0 bridgehead atoms. The molecule has 0 aromatic heterocycles. The average Bonchev–Trinajstić information content (AvgIpc) is 2.51. The Morgan fingerprint density at radius 1 is 0.818 bits per heavy atom. The van der Waals surface area contributed by atoms with Crippen molar-refractivity contribution < 1.29 is 50.0 Å². The van der Waals surface area contributed by atoms with Crippen molar-refractivity contribution >= 4 is 0 Å². The van der Waals surface area contributed by atoms with E-state index in [1.54, 1.807) is 0 Å². The third-order valence-electron chi connectivity index (χ3n) is 3.90. The van der Waals surface area contributed by atoms with E-state index >= 15 is 0 Å². The zero-order valence-corrected chi connectivity index (χ0v) is 11.7. The van der Waals surface area contributed by atoms with E-state index in [9.17, 15) is 25.5 Å². The Kier molecular flexibility index (Phi) is 6.07. The lowest BCUT2D eigenvalue weighted by Gasteiger charge is -2.44. The molecule has 2 aliphatic rings. The molecular formula is C12H22O10. The molecule has 9 atom stereocenters. The molecule has 0 aromatic carbocycles. The van der Waals surface area contributed by atoms with Gasteiger partial charge in [-0.3, -0.25) is 0 Å². The second-order valence-corrected chi connectivity index (χ2v) is 5.41. The molecule has 6 unspecified atom stereocenters. The molecule has 0 amide bonds. The lowest BCUT2D eigenvalue weighted by atomic mass is 9.97. The highest BCUT2D eigenvalue weighted by atomic mass is 16.7. The molecule has 130 valence electrons. The number of ether oxygens (including phenoxy) is 3. The molecule has 10 heteroatoms. The van der Waals surface area contributed by atoms with Crippen LogP contribution in [0.4, 0.5) is 0 Å². The minimum atomic E-state index is -1.65. The highest BCUT2D eigenvalue weighted by Crippen LogP contribution is 2.26. The molecule has 0 saturated carbocycles. The highest BCUT2D eigenvalue weighted by Gasteiger charge is 2.48. The molecular weight excluding hydrogens is 304 g/mol. The molecule has 0 aliphatic carbocycles. The summed E-state index contributed by atoms with van der Waals surface area (Å²) in [7, 11) is 0. The monoisotopic (exact) mass is 326 g/mol. The van der Waals surface area contributed by atoms with Crippen molar-refractivity contribution in [3.8, 4) is 0 Å². The van der Waals surface area contributed by atoms with E-state index in [0.717, 1.165) is 0 Å². The van der Waals surface area contributed by atoms with Gasteiger partial charge in [-0.25, -0.2) is 0 Å².